The second-order valence-corrected chi connectivity index (χ2v) is 3.72. The number of rotatable bonds is 1. The van der Waals surface area contributed by atoms with Crippen LogP contribution in [0.25, 0.3) is 0 Å². The lowest BCUT2D eigenvalue weighted by Crippen LogP contribution is -2.22. The van der Waals surface area contributed by atoms with Gasteiger partial charge in [-0.2, -0.15) is 0 Å². The fraction of sp³-hybridized carbons (Fsp3) is 0.778. The maximum Gasteiger partial charge on any atom is 0.0487 e. The highest BCUT2D eigenvalue weighted by Gasteiger charge is 2.24. The topological polar surface area (TPSA) is 20.2 Å². The monoisotopic (exact) mass is 140 g/mol. The Morgan fingerprint density at radius 3 is 2.80 bits per heavy atom. The molecule has 10 heavy (non-hydrogen) atoms. The van der Waals surface area contributed by atoms with E-state index >= 15 is 0 Å². The summed E-state index contributed by atoms with van der Waals surface area (Å²) >= 11 is 0. The lowest BCUT2D eigenvalue weighted by molar-refractivity contribution is 0.130. The van der Waals surface area contributed by atoms with Gasteiger partial charge >= 0.3 is 0 Å². The Labute approximate surface area is 62.8 Å². The van der Waals surface area contributed by atoms with Crippen LogP contribution in [0.2, 0.25) is 0 Å². The largest absolute Gasteiger partial charge is 0.396 e. The van der Waals surface area contributed by atoms with Gasteiger partial charge < -0.3 is 5.11 Å². The molecule has 0 radical (unpaired) electrons. The van der Waals surface area contributed by atoms with Crippen molar-refractivity contribution in [2.75, 3.05) is 6.61 Å². The second-order valence-electron chi connectivity index (χ2n) is 3.72. The van der Waals surface area contributed by atoms with E-state index in [0.29, 0.717) is 6.61 Å². The zero-order valence-electron chi connectivity index (χ0n) is 6.85. The van der Waals surface area contributed by atoms with Gasteiger partial charge in [0.05, 0.1) is 0 Å². The Balaban J connectivity index is 2.56. The summed E-state index contributed by atoms with van der Waals surface area (Å²) in [5, 5.41) is 9.01. The van der Waals surface area contributed by atoms with Gasteiger partial charge in [0.2, 0.25) is 0 Å². The Kier molecular flexibility index (Phi) is 2.14. The third kappa shape index (κ3) is 1.60. The van der Waals surface area contributed by atoms with Crippen LogP contribution >= 0.6 is 0 Å². The second kappa shape index (κ2) is 2.75. The van der Waals surface area contributed by atoms with E-state index in [1.54, 1.807) is 0 Å². The summed E-state index contributed by atoms with van der Waals surface area (Å²) < 4.78 is 0. The molecule has 1 aliphatic carbocycles. The Bertz CT molecular complexity index is 149. The van der Waals surface area contributed by atoms with Crippen LogP contribution in [0.5, 0.6) is 0 Å². The summed E-state index contributed by atoms with van der Waals surface area (Å²) in [5.74, 6) is 0. The van der Waals surface area contributed by atoms with Crippen molar-refractivity contribution in [3.8, 4) is 0 Å². The van der Waals surface area contributed by atoms with Gasteiger partial charge in [-0.25, -0.2) is 0 Å². The molecule has 0 spiro atoms. The smallest absolute Gasteiger partial charge is 0.0487 e. The van der Waals surface area contributed by atoms with Crippen molar-refractivity contribution in [3.63, 3.8) is 0 Å². The van der Waals surface area contributed by atoms with Crippen molar-refractivity contribution >= 4 is 0 Å². The van der Waals surface area contributed by atoms with Crippen LogP contribution in [0.1, 0.15) is 33.1 Å². The highest BCUT2D eigenvalue weighted by atomic mass is 16.3. The van der Waals surface area contributed by atoms with Crippen LogP contribution in [-0.2, 0) is 0 Å². The highest BCUT2D eigenvalue weighted by Crippen LogP contribution is 2.33. The molecule has 0 saturated heterocycles. The molecular formula is C9H16O. The molecule has 0 aromatic carbocycles. The first-order chi connectivity index (χ1) is 4.66. The van der Waals surface area contributed by atoms with Gasteiger partial charge in [-0.1, -0.05) is 18.6 Å². The third-order valence-corrected chi connectivity index (χ3v) is 2.45. The molecule has 0 aromatic heterocycles. The molecule has 1 atom stereocenters. The van der Waals surface area contributed by atoms with Gasteiger partial charge in [0.1, 0.15) is 0 Å². The predicted molar refractivity (Wildman–Crippen MR) is 42.8 cm³/mol. The third-order valence-electron chi connectivity index (χ3n) is 2.45. The van der Waals surface area contributed by atoms with Crippen molar-refractivity contribution in [3.05, 3.63) is 11.6 Å². The first-order valence-electron chi connectivity index (χ1n) is 3.93. The van der Waals surface area contributed by atoms with Gasteiger partial charge in [-0.05, 0) is 31.6 Å². The molecule has 58 valence electrons. The summed E-state index contributed by atoms with van der Waals surface area (Å²) in [6.07, 6.45) is 5.61. The molecule has 0 heterocycles. The maximum absolute atomic E-state index is 9.01. The minimum Gasteiger partial charge on any atom is -0.396 e. The highest BCUT2D eigenvalue weighted by molar-refractivity contribution is 5.05. The van der Waals surface area contributed by atoms with Crippen molar-refractivity contribution in [1.82, 2.24) is 0 Å². The van der Waals surface area contributed by atoms with Crippen LogP contribution in [-0.4, -0.2) is 11.7 Å². The van der Waals surface area contributed by atoms with Crippen LogP contribution in [0.3, 0.4) is 0 Å². The minimum absolute atomic E-state index is 0.180. The lowest BCUT2D eigenvalue weighted by Gasteiger charge is -2.29. The van der Waals surface area contributed by atoms with Crippen LogP contribution in [0.15, 0.2) is 11.6 Å². The summed E-state index contributed by atoms with van der Waals surface area (Å²) in [6.45, 7) is 4.64. The average Bonchev–Trinajstić information content (AvgIpc) is 1.96. The van der Waals surface area contributed by atoms with Crippen molar-refractivity contribution in [1.29, 1.82) is 0 Å². The first kappa shape index (κ1) is 7.80. The Morgan fingerprint density at radius 2 is 2.40 bits per heavy atom. The van der Waals surface area contributed by atoms with Crippen LogP contribution in [0.4, 0.5) is 0 Å². The number of aliphatic hydroxyl groups excluding tert-OH is 1. The normalized spacial score (nSPS) is 33.7. The van der Waals surface area contributed by atoms with Gasteiger partial charge in [-0.15, -0.1) is 0 Å². The molecule has 1 unspecified atom stereocenters. The summed E-state index contributed by atoms with van der Waals surface area (Å²) in [6, 6.07) is 0. The van der Waals surface area contributed by atoms with Gasteiger partial charge in [-0.3, -0.25) is 0 Å². The van der Waals surface area contributed by atoms with Crippen molar-refractivity contribution in [2.45, 2.75) is 33.1 Å². The molecule has 1 N–H and O–H groups in total. The number of aliphatic hydroxyl groups is 1. The molecule has 0 saturated carbocycles. The van der Waals surface area contributed by atoms with E-state index in [-0.39, 0.29) is 5.41 Å². The van der Waals surface area contributed by atoms with E-state index in [9.17, 15) is 0 Å². The summed E-state index contributed by atoms with van der Waals surface area (Å²) in [7, 11) is 0. The molecular weight excluding hydrogens is 124 g/mol. The molecule has 0 aromatic rings. The fourth-order valence-corrected chi connectivity index (χ4v) is 1.27. The lowest BCUT2D eigenvalue weighted by atomic mass is 9.78. The molecule has 0 fully saturated rings. The van der Waals surface area contributed by atoms with E-state index < -0.39 is 0 Å². The summed E-state index contributed by atoms with van der Waals surface area (Å²) in [5.41, 5.74) is 1.66. The standard InChI is InChI=1S/C9H16O/c1-8-3-5-9(2,7-10)6-4-8/h3,10H,4-7H2,1-2H3. The predicted octanol–water partition coefficient (Wildman–Crippen LogP) is 2.12. The molecule has 0 aliphatic heterocycles. The van der Waals surface area contributed by atoms with Crippen LogP contribution in [0, 0.1) is 5.41 Å². The number of hydrogen-bond donors (Lipinski definition) is 1. The molecule has 0 bridgehead atoms. The molecule has 1 nitrogen and oxygen atoms in total. The average molecular weight is 140 g/mol. The molecule has 0 amide bonds. The van der Waals surface area contributed by atoms with E-state index in [2.05, 4.69) is 19.9 Å². The van der Waals surface area contributed by atoms with Gasteiger partial charge in [0.25, 0.3) is 0 Å². The Hall–Kier alpha value is -0.300. The van der Waals surface area contributed by atoms with Crippen molar-refractivity contribution in [2.24, 2.45) is 5.41 Å². The zero-order chi connectivity index (χ0) is 7.61. The van der Waals surface area contributed by atoms with E-state index in [0.717, 1.165) is 19.3 Å². The number of hydrogen-bond acceptors (Lipinski definition) is 1. The maximum atomic E-state index is 9.01. The fourth-order valence-electron chi connectivity index (χ4n) is 1.27. The van der Waals surface area contributed by atoms with E-state index in [1.165, 1.54) is 5.57 Å². The zero-order valence-corrected chi connectivity index (χ0v) is 6.85. The number of allylic oxidation sites excluding steroid dienone is 2. The summed E-state index contributed by atoms with van der Waals surface area (Å²) in [4.78, 5) is 0. The van der Waals surface area contributed by atoms with Crippen LogP contribution < -0.4 is 0 Å². The SMILES string of the molecule is CC1=CCC(C)(CO)CC1. The van der Waals surface area contributed by atoms with E-state index in [1.807, 2.05) is 0 Å². The Morgan fingerprint density at radius 1 is 1.70 bits per heavy atom. The quantitative estimate of drug-likeness (QED) is 0.553. The molecule has 1 aliphatic rings. The molecule has 1 heteroatoms. The minimum atomic E-state index is 0.180. The van der Waals surface area contributed by atoms with Gasteiger partial charge in [0.15, 0.2) is 0 Å². The first-order valence-corrected chi connectivity index (χ1v) is 3.93. The van der Waals surface area contributed by atoms with E-state index in [4.69, 9.17) is 5.11 Å². The van der Waals surface area contributed by atoms with Gasteiger partial charge in [0, 0.05) is 6.61 Å². The van der Waals surface area contributed by atoms with Crippen molar-refractivity contribution < 1.29 is 5.11 Å². The molecule has 1 rings (SSSR count).